The Morgan fingerprint density at radius 1 is 1.26 bits per heavy atom. The van der Waals surface area contributed by atoms with Gasteiger partial charge >= 0.3 is 0 Å². The van der Waals surface area contributed by atoms with E-state index in [9.17, 15) is 9.18 Å². The van der Waals surface area contributed by atoms with Gasteiger partial charge in [0, 0.05) is 5.56 Å². The number of carbonyl (C=O) groups is 1. The Bertz CT molecular complexity index is 677. The summed E-state index contributed by atoms with van der Waals surface area (Å²) in [5, 5.41) is 11.3. The molecule has 0 aliphatic rings. The number of hydrogen-bond donors (Lipinski definition) is 2. The molecule has 0 fully saturated rings. The Balaban J connectivity index is 2.23. The van der Waals surface area contributed by atoms with Gasteiger partial charge in [-0.25, -0.2) is 4.39 Å². The quantitative estimate of drug-likeness (QED) is 0.809. The summed E-state index contributed by atoms with van der Waals surface area (Å²) in [7, 11) is 0. The van der Waals surface area contributed by atoms with Gasteiger partial charge in [0.25, 0.3) is 5.91 Å². The van der Waals surface area contributed by atoms with E-state index < -0.39 is 11.7 Å². The summed E-state index contributed by atoms with van der Waals surface area (Å²) >= 11 is 0. The standard InChI is InChI=1S/C14H10FN3O/c15-11-4-5-13(12(17)7-11)18-14(19)10-3-1-2-9(6-10)8-16/h1-7H,17H2,(H,18,19). The molecule has 0 heterocycles. The number of nitrogen functional groups attached to an aromatic ring is 1. The van der Waals surface area contributed by atoms with Crippen LogP contribution in [0.4, 0.5) is 15.8 Å². The van der Waals surface area contributed by atoms with Crippen LogP contribution in [0.3, 0.4) is 0 Å². The summed E-state index contributed by atoms with van der Waals surface area (Å²) in [5.74, 6) is -0.877. The lowest BCUT2D eigenvalue weighted by atomic mass is 10.1. The third-order valence-electron chi connectivity index (χ3n) is 2.52. The number of anilines is 2. The molecule has 0 saturated heterocycles. The van der Waals surface area contributed by atoms with Crippen LogP contribution in [-0.2, 0) is 0 Å². The van der Waals surface area contributed by atoms with Gasteiger partial charge in [0.15, 0.2) is 0 Å². The van der Waals surface area contributed by atoms with E-state index in [-0.39, 0.29) is 5.69 Å². The summed E-state index contributed by atoms with van der Waals surface area (Å²) in [6.07, 6.45) is 0. The minimum absolute atomic E-state index is 0.143. The van der Waals surface area contributed by atoms with E-state index in [1.54, 1.807) is 18.2 Å². The molecule has 2 aromatic rings. The zero-order valence-corrected chi connectivity index (χ0v) is 9.85. The lowest BCUT2D eigenvalue weighted by Gasteiger charge is -2.08. The van der Waals surface area contributed by atoms with Gasteiger partial charge in [0.05, 0.1) is 23.0 Å². The summed E-state index contributed by atoms with van der Waals surface area (Å²) in [4.78, 5) is 11.9. The number of nitrogens with one attached hydrogen (secondary N) is 1. The number of carbonyl (C=O) groups excluding carboxylic acids is 1. The van der Waals surface area contributed by atoms with Crippen LogP contribution in [0.2, 0.25) is 0 Å². The Labute approximate surface area is 109 Å². The van der Waals surface area contributed by atoms with Crippen LogP contribution in [0.1, 0.15) is 15.9 Å². The summed E-state index contributed by atoms with van der Waals surface area (Å²) in [5.41, 5.74) is 6.79. The van der Waals surface area contributed by atoms with Crippen molar-refractivity contribution in [2.45, 2.75) is 0 Å². The smallest absolute Gasteiger partial charge is 0.255 e. The molecule has 0 unspecified atom stereocenters. The average Bonchev–Trinajstić information content (AvgIpc) is 2.42. The SMILES string of the molecule is N#Cc1cccc(C(=O)Nc2ccc(F)cc2N)c1. The lowest BCUT2D eigenvalue weighted by molar-refractivity contribution is 0.102. The molecule has 0 aliphatic heterocycles. The highest BCUT2D eigenvalue weighted by atomic mass is 19.1. The second kappa shape index (κ2) is 5.19. The zero-order valence-electron chi connectivity index (χ0n) is 9.85. The molecule has 94 valence electrons. The van der Waals surface area contributed by atoms with Crippen molar-refractivity contribution in [2.24, 2.45) is 0 Å². The second-order valence-corrected chi connectivity index (χ2v) is 3.88. The van der Waals surface area contributed by atoms with Crippen molar-refractivity contribution >= 4 is 17.3 Å². The first kappa shape index (κ1) is 12.6. The summed E-state index contributed by atoms with van der Waals surface area (Å²) in [6.45, 7) is 0. The number of nitriles is 1. The van der Waals surface area contributed by atoms with Crippen LogP contribution in [0.15, 0.2) is 42.5 Å². The first-order valence-electron chi connectivity index (χ1n) is 5.46. The maximum absolute atomic E-state index is 12.9. The minimum Gasteiger partial charge on any atom is -0.397 e. The van der Waals surface area contributed by atoms with E-state index in [0.29, 0.717) is 16.8 Å². The number of rotatable bonds is 2. The van der Waals surface area contributed by atoms with E-state index in [2.05, 4.69) is 5.32 Å². The average molecular weight is 255 g/mol. The molecule has 2 rings (SSSR count). The molecule has 3 N–H and O–H groups in total. The number of nitrogens with two attached hydrogens (primary N) is 1. The fourth-order valence-electron chi connectivity index (χ4n) is 1.57. The Morgan fingerprint density at radius 2 is 2.05 bits per heavy atom. The molecule has 19 heavy (non-hydrogen) atoms. The number of nitrogens with zero attached hydrogens (tertiary/aromatic N) is 1. The Hall–Kier alpha value is -2.87. The molecule has 5 heteroatoms. The topological polar surface area (TPSA) is 78.9 Å². The van der Waals surface area contributed by atoms with E-state index in [0.717, 1.165) is 6.07 Å². The lowest BCUT2D eigenvalue weighted by Crippen LogP contribution is -2.13. The van der Waals surface area contributed by atoms with Crippen LogP contribution in [0.5, 0.6) is 0 Å². The number of halogens is 1. The van der Waals surface area contributed by atoms with Crippen molar-refractivity contribution in [1.82, 2.24) is 0 Å². The second-order valence-electron chi connectivity index (χ2n) is 3.88. The van der Waals surface area contributed by atoms with E-state index in [1.165, 1.54) is 18.2 Å². The number of amides is 1. The minimum atomic E-state index is -0.470. The molecule has 0 atom stereocenters. The summed E-state index contributed by atoms with van der Waals surface area (Å²) in [6, 6.07) is 11.9. The molecule has 0 spiro atoms. The molecule has 0 aliphatic carbocycles. The maximum atomic E-state index is 12.9. The van der Waals surface area contributed by atoms with Crippen LogP contribution in [0, 0.1) is 17.1 Å². The molecule has 0 radical (unpaired) electrons. The number of benzene rings is 2. The van der Waals surface area contributed by atoms with Crippen LogP contribution < -0.4 is 11.1 Å². The molecular weight excluding hydrogens is 245 g/mol. The maximum Gasteiger partial charge on any atom is 0.255 e. The van der Waals surface area contributed by atoms with Gasteiger partial charge in [-0.15, -0.1) is 0 Å². The van der Waals surface area contributed by atoms with E-state index in [4.69, 9.17) is 11.0 Å². The summed E-state index contributed by atoms with van der Waals surface area (Å²) < 4.78 is 12.9. The van der Waals surface area contributed by atoms with Gasteiger partial charge in [0.2, 0.25) is 0 Å². The highest BCUT2D eigenvalue weighted by molar-refractivity contribution is 6.05. The predicted octanol–water partition coefficient (Wildman–Crippen LogP) is 2.53. The first-order valence-corrected chi connectivity index (χ1v) is 5.46. The first-order chi connectivity index (χ1) is 9.10. The van der Waals surface area contributed by atoms with Crippen molar-refractivity contribution in [2.75, 3.05) is 11.1 Å². The van der Waals surface area contributed by atoms with Gasteiger partial charge < -0.3 is 11.1 Å². The fourth-order valence-corrected chi connectivity index (χ4v) is 1.57. The van der Waals surface area contributed by atoms with E-state index in [1.807, 2.05) is 6.07 Å². The van der Waals surface area contributed by atoms with Crippen molar-refractivity contribution in [3.8, 4) is 6.07 Å². The van der Waals surface area contributed by atoms with Crippen molar-refractivity contribution in [3.05, 3.63) is 59.4 Å². The van der Waals surface area contributed by atoms with Gasteiger partial charge in [-0.1, -0.05) is 6.07 Å². The normalized spacial score (nSPS) is 9.68. The van der Waals surface area contributed by atoms with Crippen LogP contribution in [-0.4, -0.2) is 5.91 Å². The predicted molar refractivity (Wildman–Crippen MR) is 69.9 cm³/mol. The largest absolute Gasteiger partial charge is 0.397 e. The highest BCUT2D eigenvalue weighted by Gasteiger charge is 2.09. The van der Waals surface area contributed by atoms with Crippen LogP contribution in [0.25, 0.3) is 0 Å². The monoisotopic (exact) mass is 255 g/mol. The number of hydrogen-bond acceptors (Lipinski definition) is 3. The molecule has 1 amide bonds. The Morgan fingerprint density at radius 3 is 2.74 bits per heavy atom. The van der Waals surface area contributed by atoms with Gasteiger partial charge in [-0.3, -0.25) is 4.79 Å². The molecule has 0 saturated carbocycles. The third kappa shape index (κ3) is 2.87. The third-order valence-corrected chi connectivity index (χ3v) is 2.52. The fraction of sp³-hybridized carbons (Fsp3) is 0. The van der Waals surface area contributed by atoms with Crippen molar-refractivity contribution < 1.29 is 9.18 Å². The molecule has 2 aromatic carbocycles. The van der Waals surface area contributed by atoms with E-state index >= 15 is 0 Å². The zero-order chi connectivity index (χ0) is 13.8. The van der Waals surface area contributed by atoms with Gasteiger partial charge in [-0.2, -0.15) is 5.26 Å². The molecular formula is C14H10FN3O. The highest BCUT2D eigenvalue weighted by Crippen LogP contribution is 2.20. The molecule has 0 aromatic heterocycles. The molecule has 4 nitrogen and oxygen atoms in total. The van der Waals surface area contributed by atoms with Gasteiger partial charge in [0.1, 0.15) is 5.82 Å². The van der Waals surface area contributed by atoms with Crippen molar-refractivity contribution in [3.63, 3.8) is 0 Å². The van der Waals surface area contributed by atoms with Crippen molar-refractivity contribution in [1.29, 1.82) is 5.26 Å². The molecule has 0 bridgehead atoms. The van der Waals surface area contributed by atoms with Crippen LogP contribution >= 0.6 is 0 Å². The Kier molecular flexibility index (Phi) is 3.44. The van der Waals surface area contributed by atoms with Gasteiger partial charge in [-0.05, 0) is 36.4 Å².